The summed E-state index contributed by atoms with van der Waals surface area (Å²) < 4.78 is 0. The van der Waals surface area contributed by atoms with Gasteiger partial charge in [-0.2, -0.15) is 10.2 Å². The van der Waals surface area contributed by atoms with Crippen LogP contribution in [0.25, 0.3) is 0 Å². The highest BCUT2D eigenvalue weighted by Gasteiger charge is 1.95. The average molecular weight is 215 g/mol. The van der Waals surface area contributed by atoms with Crippen molar-refractivity contribution in [3.63, 3.8) is 0 Å². The van der Waals surface area contributed by atoms with Crippen LogP contribution in [-0.4, -0.2) is 5.75 Å². The van der Waals surface area contributed by atoms with E-state index < -0.39 is 0 Å². The van der Waals surface area contributed by atoms with Gasteiger partial charge in [0.25, 0.3) is 0 Å². The molecule has 0 aromatic heterocycles. The van der Waals surface area contributed by atoms with E-state index >= 15 is 0 Å². The summed E-state index contributed by atoms with van der Waals surface area (Å²) in [7, 11) is 0. The van der Waals surface area contributed by atoms with Crippen molar-refractivity contribution in [2.24, 2.45) is 10.2 Å². The molecule has 0 N–H and O–H groups in total. The Kier molecular flexibility index (Phi) is 3.74. The second-order valence-corrected chi connectivity index (χ2v) is 3.91. The quantitative estimate of drug-likeness (QED) is 0.707. The van der Waals surface area contributed by atoms with Crippen LogP contribution in [0.3, 0.4) is 0 Å². The van der Waals surface area contributed by atoms with Gasteiger partial charge in [0.05, 0.1) is 17.6 Å². The maximum atomic E-state index is 4.13. The fraction of sp³-hybridized carbons (Fsp3) is 0.167. The SMILES string of the molecule is [C]1=C(N=NCc2ccccc2)C=CCS1. The van der Waals surface area contributed by atoms with E-state index in [1.54, 1.807) is 11.8 Å². The molecule has 0 atom stereocenters. The maximum absolute atomic E-state index is 4.13. The van der Waals surface area contributed by atoms with E-state index in [2.05, 4.69) is 21.7 Å². The standard InChI is InChI=1S/C12H11N2S/c1-2-5-11(6-3-1)9-13-14-12-7-4-8-15-10-12/h1-7H,8-9H2. The first-order chi connectivity index (χ1) is 7.45. The summed E-state index contributed by atoms with van der Waals surface area (Å²) in [6.45, 7) is 0.629. The molecule has 15 heavy (non-hydrogen) atoms. The third kappa shape index (κ3) is 3.36. The number of hydrogen-bond acceptors (Lipinski definition) is 3. The molecule has 75 valence electrons. The molecule has 1 radical (unpaired) electrons. The molecule has 0 spiro atoms. The molecule has 0 amide bonds. The van der Waals surface area contributed by atoms with Gasteiger partial charge in [0.2, 0.25) is 0 Å². The molecule has 1 aromatic carbocycles. The van der Waals surface area contributed by atoms with E-state index in [4.69, 9.17) is 0 Å². The minimum Gasteiger partial charge on any atom is -0.184 e. The van der Waals surface area contributed by atoms with Crippen molar-refractivity contribution in [1.82, 2.24) is 0 Å². The first-order valence-corrected chi connectivity index (χ1v) is 5.76. The summed E-state index contributed by atoms with van der Waals surface area (Å²) in [6, 6.07) is 10.1. The summed E-state index contributed by atoms with van der Waals surface area (Å²) in [5.41, 5.74) is 2.00. The van der Waals surface area contributed by atoms with Gasteiger partial charge in [0.1, 0.15) is 0 Å². The third-order valence-corrected chi connectivity index (χ3v) is 2.62. The lowest BCUT2D eigenvalue weighted by atomic mass is 10.2. The molecule has 0 saturated carbocycles. The van der Waals surface area contributed by atoms with Crippen molar-refractivity contribution >= 4 is 11.8 Å². The number of hydrogen-bond donors (Lipinski definition) is 0. The smallest absolute Gasteiger partial charge is 0.0997 e. The van der Waals surface area contributed by atoms with Crippen LogP contribution in [-0.2, 0) is 6.54 Å². The molecular weight excluding hydrogens is 204 g/mol. The van der Waals surface area contributed by atoms with Crippen molar-refractivity contribution < 1.29 is 0 Å². The monoisotopic (exact) mass is 215 g/mol. The van der Waals surface area contributed by atoms with Crippen LogP contribution < -0.4 is 0 Å². The van der Waals surface area contributed by atoms with E-state index in [1.807, 2.05) is 36.4 Å². The summed E-state index contributed by atoms with van der Waals surface area (Å²) in [5, 5.41) is 11.3. The molecule has 0 unspecified atom stereocenters. The topological polar surface area (TPSA) is 24.7 Å². The number of thioether (sulfide) groups is 1. The third-order valence-electron chi connectivity index (χ3n) is 1.91. The van der Waals surface area contributed by atoms with Crippen LogP contribution in [0.15, 0.2) is 58.4 Å². The van der Waals surface area contributed by atoms with Gasteiger partial charge in [-0.1, -0.05) is 36.4 Å². The predicted octanol–water partition coefficient (Wildman–Crippen LogP) is 3.59. The highest BCUT2D eigenvalue weighted by molar-refractivity contribution is 8.01. The number of rotatable bonds is 3. The zero-order valence-corrected chi connectivity index (χ0v) is 9.07. The first-order valence-electron chi connectivity index (χ1n) is 4.78. The second kappa shape index (κ2) is 5.51. The van der Waals surface area contributed by atoms with Crippen molar-refractivity contribution in [3.05, 3.63) is 59.2 Å². The molecule has 0 aliphatic carbocycles. The largest absolute Gasteiger partial charge is 0.184 e. The lowest BCUT2D eigenvalue weighted by molar-refractivity contribution is 0.939. The van der Waals surface area contributed by atoms with Crippen molar-refractivity contribution in [1.29, 1.82) is 0 Å². The lowest BCUT2D eigenvalue weighted by Gasteiger charge is -1.98. The van der Waals surface area contributed by atoms with Gasteiger partial charge in [-0.05, 0) is 11.6 Å². The van der Waals surface area contributed by atoms with Crippen molar-refractivity contribution in [3.8, 4) is 0 Å². The van der Waals surface area contributed by atoms with E-state index in [1.165, 1.54) is 5.56 Å². The van der Waals surface area contributed by atoms with Gasteiger partial charge in [0.15, 0.2) is 0 Å². The number of benzene rings is 1. The molecule has 0 fully saturated rings. The zero-order chi connectivity index (χ0) is 10.3. The van der Waals surface area contributed by atoms with Crippen LogP contribution in [0.2, 0.25) is 0 Å². The molecule has 1 heterocycles. The number of azo groups is 1. The summed E-state index contributed by atoms with van der Waals surface area (Å²) in [6.07, 6.45) is 4.02. The molecule has 0 bridgehead atoms. The minimum absolute atomic E-state index is 0.629. The Bertz CT molecular complexity index is 393. The summed E-state index contributed by atoms with van der Waals surface area (Å²) in [4.78, 5) is 0. The molecule has 1 aliphatic heterocycles. The van der Waals surface area contributed by atoms with E-state index in [-0.39, 0.29) is 0 Å². The fourth-order valence-corrected chi connectivity index (χ4v) is 1.72. The molecule has 0 saturated heterocycles. The Morgan fingerprint density at radius 2 is 2.13 bits per heavy atom. The van der Waals surface area contributed by atoms with E-state index in [0.29, 0.717) is 6.54 Å². The van der Waals surface area contributed by atoms with Gasteiger partial charge in [-0.25, -0.2) is 0 Å². The maximum Gasteiger partial charge on any atom is 0.0997 e. The Morgan fingerprint density at radius 3 is 2.87 bits per heavy atom. The van der Waals surface area contributed by atoms with E-state index in [0.717, 1.165) is 11.4 Å². The van der Waals surface area contributed by atoms with Crippen LogP contribution >= 0.6 is 11.8 Å². The normalized spacial score (nSPS) is 15.6. The average Bonchev–Trinajstić information content (AvgIpc) is 2.32. The van der Waals surface area contributed by atoms with Crippen molar-refractivity contribution in [2.75, 3.05) is 5.75 Å². The van der Waals surface area contributed by atoms with Gasteiger partial charge in [0, 0.05) is 5.75 Å². The van der Waals surface area contributed by atoms with Gasteiger partial charge in [-0.15, -0.1) is 11.8 Å². The molecule has 2 nitrogen and oxygen atoms in total. The Balaban J connectivity index is 1.90. The number of nitrogens with zero attached hydrogens (tertiary/aromatic N) is 2. The highest BCUT2D eigenvalue weighted by Crippen LogP contribution is 2.15. The first kappa shape index (κ1) is 10.2. The Labute approximate surface area is 93.8 Å². The van der Waals surface area contributed by atoms with Crippen LogP contribution in [0.4, 0.5) is 0 Å². The van der Waals surface area contributed by atoms with Crippen molar-refractivity contribution in [2.45, 2.75) is 6.54 Å². The molecule has 1 aromatic rings. The van der Waals surface area contributed by atoms with Gasteiger partial charge < -0.3 is 0 Å². The van der Waals surface area contributed by atoms with Crippen LogP contribution in [0.5, 0.6) is 0 Å². The molecular formula is C12H11N2S. The predicted molar refractivity (Wildman–Crippen MR) is 63.4 cm³/mol. The van der Waals surface area contributed by atoms with E-state index in [9.17, 15) is 0 Å². The Morgan fingerprint density at radius 1 is 1.27 bits per heavy atom. The highest BCUT2D eigenvalue weighted by atomic mass is 32.2. The van der Waals surface area contributed by atoms with Crippen LogP contribution in [0, 0.1) is 5.41 Å². The van der Waals surface area contributed by atoms with Crippen LogP contribution in [0.1, 0.15) is 5.56 Å². The Hall–Kier alpha value is -1.35. The van der Waals surface area contributed by atoms with Gasteiger partial charge in [-0.3, -0.25) is 0 Å². The molecule has 3 heteroatoms. The fourth-order valence-electron chi connectivity index (χ4n) is 1.19. The molecule has 2 rings (SSSR count). The second-order valence-electron chi connectivity index (χ2n) is 3.09. The minimum atomic E-state index is 0.629. The lowest BCUT2D eigenvalue weighted by Crippen LogP contribution is -1.82. The summed E-state index contributed by atoms with van der Waals surface area (Å²) >= 11 is 1.62. The zero-order valence-electron chi connectivity index (χ0n) is 8.26. The summed E-state index contributed by atoms with van der Waals surface area (Å²) in [5.74, 6) is 0.984. The van der Waals surface area contributed by atoms with Gasteiger partial charge >= 0.3 is 0 Å². The molecule has 1 aliphatic rings. The number of allylic oxidation sites excluding steroid dienone is 1.